The predicted molar refractivity (Wildman–Crippen MR) is 81.1 cm³/mol. The Hall–Kier alpha value is -0.303. The number of rotatable bonds is 10. The summed E-state index contributed by atoms with van der Waals surface area (Å²) in [6, 6.07) is 3.33. The van der Waals surface area contributed by atoms with Crippen LogP contribution in [-0.4, -0.2) is 25.6 Å². The van der Waals surface area contributed by atoms with E-state index in [0.717, 1.165) is 37.4 Å². The van der Waals surface area contributed by atoms with Crippen LogP contribution in [0, 0.1) is 12.3 Å². The number of unbranched alkanes of at least 4 members (excludes halogenated alkanes) is 1. The summed E-state index contributed by atoms with van der Waals surface area (Å²) in [7, 11) is -1.62. The summed E-state index contributed by atoms with van der Waals surface area (Å²) < 4.78 is 6.19. The van der Waals surface area contributed by atoms with Crippen molar-refractivity contribution in [1.82, 2.24) is 0 Å². The first-order valence-corrected chi connectivity index (χ1v) is 9.84. The molecule has 0 aliphatic rings. The molecule has 0 saturated heterocycles. The molecule has 3 heteroatoms. The third-order valence-electron chi connectivity index (χ3n) is 4.01. The highest BCUT2D eigenvalue weighted by atomic mass is 28.4. The van der Waals surface area contributed by atoms with E-state index >= 15 is 0 Å². The number of hydrogen-bond acceptors (Lipinski definition) is 2. The quantitative estimate of drug-likeness (QED) is 0.481. The molecule has 0 fully saturated rings. The Morgan fingerprint density at radius 2 is 1.72 bits per heavy atom. The lowest BCUT2D eigenvalue weighted by molar-refractivity contribution is -0.0132. The first-order valence-electron chi connectivity index (χ1n) is 7.31. The van der Waals surface area contributed by atoms with E-state index in [1.807, 2.05) is 0 Å². The number of aliphatic hydroxyl groups is 1. The van der Waals surface area contributed by atoms with Gasteiger partial charge in [0.25, 0.3) is 0 Å². The van der Waals surface area contributed by atoms with Crippen LogP contribution in [0.4, 0.5) is 0 Å². The molecule has 106 valence electrons. The van der Waals surface area contributed by atoms with Gasteiger partial charge in [0.1, 0.15) is 0 Å². The van der Waals surface area contributed by atoms with Crippen LogP contribution in [0.15, 0.2) is 0 Å². The van der Waals surface area contributed by atoms with Crippen LogP contribution in [0.5, 0.6) is 0 Å². The van der Waals surface area contributed by atoms with Gasteiger partial charge in [-0.05, 0) is 24.6 Å². The summed E-state index contributed by atoms with van der Waals surface area (Å²) in [6.07, 6.45) is 8.59. The smallest absolute Gasteiger partial charge is 0.192 e. The standard InChI is InChI=1S/C15H30O2Si/c1-6-11-13-15(16,12-7-2)14-17-18(8-3,9-4)10-5/h2,16H,6,8-14H2,1,3-5H3. The first-order chi connectivity index (χ1) is 8.51. The SMILES string of the molecule is C#CCC(O)(CCCC)CO[Si](CC)(CC)CC. The topological polar surface area (TPSA) is 29.5 Å². The molecule has 0 aliphatic heterocycles. The van der Waals surface area contributed by atoms with E-state index in [4.69, 9.17) is 10.8 Å². The maximum absolute atomic E-state index is 10.5. The molecule has 0 rings (SSSR count). The normalized spacial score (nSPS) is 15.1. The largest absolute Gasteiger partial charge is 0.414 e. The van der Waals surface area contributed by atoms with E-state index in [9.17, 15) is 5.11 Å². The molecule has 0 saturated carbocycles. The molecule has 0 aromatic carbocycles. The minimum Gasteiger partial charge on any atom is -0.414 e. The summed E-state index contributed by atoms with van der Waals surface area (Å²) in [4.78, 5) is 0. The van der Waals surface area contributed by atoms with Gasteiger partial charge in [-0.15, -0.1) is 12.3 Å². The Bertz CT molecular complexity index is 247. The average Bonchev–Trinajstić information content (AvgIpc) is 2.39. The van der Waals surface area contributed by atoms with Gasteiger partial charge in [-0.2, -0.15) is 0 Å². The van der Waals surface area contributed by atoms with E-state index in [1.165, 1.54) is 0 Å². The minimum atomic E-state index is -1.62. The van der Waals surface area contributed by atoms with Crippen LogP contribution in [-0.2, 0) is 4.43 Å². The summed E-state index contributed by atoms with van der Waals surface area (Å²) in [5.74, 6) is 2.59. The fourth-order valence-electron chi connectivity index (χ4n) is 2.25. The molecule has 1 atom stereocenters. The third-order valence-corrected chi connectivity index (χ3v) is 8.63. The van der Waals surface area contributed by atoms with E-state index in [2.05, 4.69) is 33.6 Å². The second kappa shape index (κ2) is 8.74. The van der Waals surface area contributed by atoms with Gasteiger partial charge in [-0.25, -0.2) is 0 Å². The summed E-state index contributed by atoms with van der Waals surface area (Å²) in [5.41, 5.74) is -0.817. The molecular weight excluding hydrogens is 240 g/mol. The Kier molecular flexibility index (Phi) is 8.59. The molecule has 18 heavy (non-hydrogen) atoms. The van der Waals surface area contributed by atoms with Crippen LogP contribution in [0.25, 0.3) is 0 Å². The number of hydrogen-bond donors (Lipinski definition) is 1. The van der Waals surface area contributed by atoms with Crippen molar-refractivity contribution >= 4 is 8.32 Å². The molecule has 0 bridgehead atoms. The first kappa shape index (κ1) is 17.7. The summed E-state index contributed by atoms with van der Waals surface area (Å²) in [5, 5.41) is 10.5. The molecule has 0 amide bonds. The summed E-state index contributed by atoms with van der Waals surface area (Å²) >= 11 is 0. The molecule has 0 aromatic rings. The molecule has 0 aliphatic carbocycles. The van der Waals surface area contributed by atoms with Crippen LogP contribution < -0.4 is 0 Å². The van der Waals surface area contributed by atoms with Crippen LogP contribution >= 0.6 is 0 Å². The highest BCUT2D eigenvalue weighted by Gasteiger charge is 2.33. The molecule has 1 unspecified atom stereocenters. The van der Waals surface area contributed by atoms with Crippen molar-refractivity contribution in [2.75, 3.05) is 6.61 Å². The second-order valence-electron chi connectivity index (χ2n) is 5.24. The Balaban J connectivity index is 4.54. The highest BCUT2D eigenvalue weighted by molar-refractivity contribution is 6.73. The van der Waals surface area contributed by atoms with Gasteiger partial charge >= 0.3 is 0 Å². The zero-order valence-corrected chi connectivity index (χ0v) is 13.6. The molecule has 0 spiro atoms. The lowest BCUT2D eigenvalue weighted by Crippen LogP contribution is -2.43. The van der Waals surface area contributed by atoms with Crippen LogP contribution in [0.1, 0.15) is 53.4 Å². The molecule has 0 heterocycles. The fourth-order valence-corrected chi connectivity index (χ4v) is 4.94. The monoisotopic (exact) mass is 270 g/mol. The molecule has 0 aromatic heterocycles. The van der Waals surface area contributed by atoms with Crippen molar-refractivity contribution in [3.8, 4) is 12.3 Å². The van der Waals surface area contributed by atoms with Crippen molar-refractivity contribution in [2.24, 2.45) is 0 Å². The van der Waals surface area contributed by atoms with Crippen molar-refractivity contribution in [3.05, 3.63) is 0 Å². The molecule has 0 radical (unpaired) electrons. The second-order valence-corrected chi connectivity index (χ2v) is 10.0. The fraction of sp³-hybridized carbons (Fsp3) is 0.867. The van der Waals surface area contributed by atoms with Crippen LogP contribution in [0.3, 0.4) is 0 Å². The van der Waals surface area contributed by atoms with Crippen molar-refractivity contribution in [3.63, 3.8) is 0 Å². The Morgan fingerprint density at radius 3 is 2.11 bits per heavy atom. The van der Waals surface area contributed by atoms with Gasteiger partial charge in [-0.3, -0.25) is 0 Å². The van der Waals surface area contributed by atoms with Gasteiger partial charge in [0.05, 0.1) is 12.2 Å². The van der Waals surface area contributed by atoms with Gasteiger partial charge in [0.2, 0.25) is 0 Å². The van der Waals surface area contributed by atoms with Gasteiger partial charge in [-0.1, -0.05) is 40.5 Å². The average molecular weight is 270 g/mol. The zero-order valence-electron chi connectivity index (χ0n) is 12.6. The van der Waals surface area contributed by atoms with E-state index in [1.54, 1.807) is 0 Å². The lowest BCUT2D eigenvalue weighted by atomic mass is 9.94. The predicted octanol–water partition coefficient (Wildman–Crippen LogP) is 3.95. The lowest BCUT2D eigenvalue weighted by Gasteiger charge is -2.34. The number of terminal acetylenes is 1. The summed E-state index contributed by atoms with van der Waals surface area (Å²) in [6.45, 7) is 9.14. The Labute approximate surface area is 114 Å². The van der Waals surface area contributed by atoms with Gasteiger partial charge in [0.15, 0.2) is 8.32 Å². The molecular formula is C15H30O2Si. The minimum absolute atomic E-state index is 0.397. The Morgan fingerprint density at radius 1 is 1.17 bits per heavy atom. The van der Waals surface area contributed by atoms with Crippen LogP contribution in [0.2, 0.25) is 18.1 Å². The molecule has 1 N–H and O–H groups in total. The van der Waals surface area contributed by atoms with E-state index in [-0.39, 0.29) is 0 Å². The highest BCUT2D eigenvalue weighted by Crippen LogP contribution is 2.26. The van der Waals surface area contributed by atoms with Gasteiger partial charge < -0.3 is 9.53 Å². The maximum atomic E-state index is 10.5. The van der Waals surface area contributed by atoms with Crippen molar-refractivity contribution < 1.29 is 9.53 Å². The molecule has 2 nitrogen and oxygen atoms in total. The van der Waals surface area contributed by atoms with Crippen molar-refractivity contribution in [1.29, 1.82) is 0 Å². The maximum Gasteiger partial charge on any atom is 0.192 e. The third kappa shape index (κ3) is 5.56. The van der Waals surface area contributed by atoms with E-state index in [0.29, 0.717) is 13.0 Å². The zero-order chi connectivity index (χ0) is 14.1. The van der Waals surface area contributed by atoms with Gasteiger partial charge in [0, 0.05) is 6.42 Å². The van der Waals surface area contributed by atoms with E-state index < -0.39 is 13.9 Å². The van der Waals surface area contributed by atoms with Crippen molar-refractivity contribution in [2.45, 2.75) is 77.1 Å².